The average molecular weight is 417 g/mol. The SMILES string of the molecule is O=C(CCN1CCC(c2ccccc2F)C1)c1ccc2cc3c(cc2c1)C(=O)CCO3. The third-order valence-corrected chi connectivity index (χ3v) is 6.42. The van der Waals surface area contributed by atoms with E-state index in [9.17, 15) is 14.0 Å². The second kappa shape index (κ2) is 8.23. The van der Waals surface area contributed by atoms with Crippen LogP contribution < -0.4 is 4.74 Å². The van der Waals surface area contributed by atoms with E-state index in [4.69, 9.17) is 4.74 Å². The molecule has 0 aromatic heterocycles. The molecule has 0 amide bonds. The Morgan fingerprint density at radius 1 is 1.10 bits per heavy atom. The van der Waals surface area contributed by atoms with E-state index in [2.05, 4.69) is 4.90 Å². The maximum Gasteiger partial charge on any atom is 0.170 e. The molecule has 0 radical (unpaired) electrons. The van der Waals surface area contributed by atoms with Crippen LogP contribution in [0.1, 0.15) is 51.5 Å². The first-order chi connectivity index (χ1) is 15.1. The highest BCUT2D eigenvalue weighted by molar-refractivity contribution is 6.05. The van der Waals surface area contributed by atoms with E-state index in [0.717, 1.165) is 35.8 Å². The van der Waals surface area contributed by atoms with Gasteiger partial charge in [0, 0.05) is 37.4 Å². The second-order valence-electron chi connectivity index (χ2n) is 8.41. The third kappa shape index (κ3) is 3.98. The standard InChI is InChI=1S/C26H24FNO3/c27-23-4-2-1-3-21(23)19-7-10-28(16-19)11-8-24(29)18-6-5-17-15-26-22(14-20(17)13-18)25(30)9-12-31-26/h1-6,13-15,19H,7-12,16H2. The zero-order valence-corrected chi connectivity index (χ0v) is 17.3. The van der Waals surface area contributed by atoms with Crippen molar-refractivity contribution in [1.29, 1.82) is 0 Å². The fourth-order valence-corrected chi connectivity index (χ4v) is 4.68. The van der Waals surface area contributed by atoms with E-state index in [1.807, 2.05) is 42.5 Å². The van der Waals surface area contributed by atoms with Crippen LogP contribution in [-0.2, 0) is 0 Å². The molecule has 0 N–H and O–H groups in total. The molecule has 0 spiro atoms. The number of hydrogen-bond donors (Lipinski definition) is 0. The van der Waals surface area contributed by atoms with Gasteiger partial charge in [-0.15, -0.1) is 0 Å². The van der Waals surface area contributed by atoms with Crippen molar-refractivity contribution in [3.8, 4) is 5.75 Å². The summed E-state index contributed by atoms with van der Waals surface area (Å²) in [7, 11) is 0. The Hall–Kier alpha value is -3.05. The van der Waals surface area contributed by atoms with Gasteiger partial charge in [0.1, 0.15) is 11.6 Å². The first kappa shape index (κ1) is 19.9. The first-order valence-corrected chi connectivity index (χ1v) is 10.8. The molecule has 1 saturated heterocycles. The Kier molecular flexibility index (Phi) is 5.28. The largest absolute Gasteiger partial charge is 0.492 e. The number of hydrogen-bond acceptors (Lipinski definition) is 4. The highest BCUT2D eigenvalue weighted by Gasteiger charge is 2.26. The minimum atomic E-state index is -0.146. The topological polar surface area (TPSA) is 46.6 Å². The Labute approximate surface area is 180 Å². The average Bonchev–Trinajstić information content (AvgIpc) is 3.25. The summed E-state index contributed by atoms with van der Waals surface area (Å²) in [5, 5.41) is 1.83. The maximum atomic E-state index is 14.1. The Bertz CT molecular complexity index is 1170. The lowest BCUT2D eigenvalue weighted by Gasteiger charge is -2.17. The summed E-state index contributed by atoms with van der Waals surface area (Å²) in [6, 6.07) is 16.3. The van der Waals surface area contributed by atoms with E-state index in [-0.39, 0.29) is 23.3 Å². The van der Waals surface area contributed by atoms with E-state index in [1.165, 1.54) is 6.07 Å². The van der Waals surface area contributed by atoms with Crippen LogP contribution in [0.5, 0.6) is 5.75 Å². The van der Waals surface area contributed by atoms with Crippen molar-refractivity contribution in [2.45, 2.75) is 25.2 Å². The van der Waals surface area contributed by atoms with Gasteiger partial charge in [-0.25, -0.2) is 4.39 Å². The van der Waals surface area contributed by atoms with Crippen LogP contribution in [0.4, 0.5) is 4.39 Å². The molecule has 158 valence electrons. The van der Waals surface area contributed by atoms with Crippen LogP contribution in [0.2, 0.25) is 0 Å². The summed E-state index contributed by atoms with van der Waals surface area (Å²) in [4.78, 5) is 27.2. The predicted octanol–water partition coefficient (Wildman–Crippen LogP) is 5.01. The number of benzene rings is 3. The van der Waals surface area contributed by atoms with Gasteiger partial charge in [-0.05, 0) is 53.6 Å². The highest BCUT2D eigenvalue weighted by Crippen LogP contribution is 2.31. The molecular weight excluding hydrogens is 393 g/mol. The molecule has 2 aliphatic rings. The van der Waals surface area contributed by atoms with Crippen LogP contribution in [0, 0.1) is 5.82 Å². The molecule has 3 aromatic carbocycles. The lowest BCUT2D eigenvalue weighted by atomic mass is 9.97. The van der Waals surface area contributed by atoms with Gasteiger partial charge in [0.15, 0.2) is 11.6 Å². The smallest absolute Gasteiger partial charge is 0.170 e. The molecule has 2 heterocycles. The molecule has 31 heavy (non-hydrogen) atoms. The van der Waals surface area contributed by atoms with Gasteiger partial charge in [0.05, 0.1) is 12.2 Å². The number of likely N-dealkylation sites (tertiary alicyclic amines) is 1. The highest BCUT2D eigenvalue weighted by atomic mass is 19.1. The maximum absolute atomic E-state index is 14.1. The number of nitrogens with zero attached hydrogens (tertiary/aromatic N) is 1. The van der Waals surface area contributed by atoms with Crippen molar-refractivity contribution >= 4 is 22.3 Å². The van der Waals surface area contributed by atoms with Crippen molar-refractivity contribution in [2.75, 3.05) is 26.2 Å². The summed E-state index contributed by atoms with van der Waals surface area (Å²) in [5.74, 6) is 0.826. The third-order valence-electron chi connectivity index (χ3n) is 6.42. The minimum Gasteiger partial charge on any atom is -0.492 e. The fraction of sp³-hybridized carbons (Fsp3) is 0.308. The molecule has 4 nitrogen and oxygen atoms in total. The van der Waals surface area contributed by atoms with Crippen LogP contribution in [0.15, 0.2) is 54.6 Å². The van der Waals surface area contributed by atoms with E-state index in [0.29, 0.717) is 42.9 Å². The Morgan fingerprint density at radius 2 is 1.97 bits per heavy atom. The van der Waals surface area contributed by atoms with Gasteiger partial charge in [0.25, 0.3) is 0 Å². The molecule has 0 aliphatic carbocycles. The summed E-state index contributed by atoms with van der Waals surface area (Å²) in [5.41, 5.74) is 2.02. The first-order valence-electron chi connectivity index (χ1n) is 10.8. The monoisotopic (exact) mass is 417 g/mol. The molecule has 1 unspecified atom stereocenters. The summed E-state index contributed by atoms with van der Waals surface area (Å²) in [6.07, 6.45) is 1.72. The van der Waals surface area contributed by atoms with Gasteiger partial charge < -0.3 is 9.64 Å². The van der Waals surface area contributed by atoms with Gasteiger partial charge in [-0.3, -0.25) is 9.59 Å². The number of ketones is 2. The number of Topliss-reactive ketones (excluding diaryl/α,β-unsaturated/α-hetero) is 2. The molecule has 3 aromatic rings. The van der Waals surface area contributed by atoms with Crippen molar-refractivity contribution in [3.05, 3.63) is 77.1 Å². The van der Waals surface area contributed by atoms with Gasteiger partial charge in [-0.2, -0.15) is 0 Å². The normalized spacial score (nSPS) is 18.7. The van der Waals surface area contributed by atoms with Crippen LogP contribution in [-0.4, -0.2) is 42.7 Å². The molecule has 0 bridgehead atoms. The van der Waals surface area contributed by atoms with E-state index >= 15 is 0 Å². The Morgan fingerprint density at radius 3 is 2.84 bits per heavy atom. The Balaban J connectivity index is 1.25. The van der Waals surface area contributed by atoms with Crippen LogP contribution in [0.25, 0.3) is 10.8 Å². The van der Waals surface area contributed by atoms with Crippen LogP contribution in [0.3, 0.4) is 0 Å². The number of ether oxygens (including phenoxy) is 1. The van der Waals surface area contributed by atoms with E-state index in [1.54, 1.807) is 6.07 Å². The molecule has 2 aliphatic heterocycles. The molecule has 5 heteroatoms. The molecular formula is C26H24FNO3. The second-order valence-corrected chi connectivity index (χ2v) is 8.41. The number of fused-ring (bicyclic) bond motifs is 2. The lowest BCUT2D eigenvalue weighted by Crippen LogP contribution is -2.23. The van der Waals surface area contributed by atoms with Gasteiger partial charge in [0.2, 0.25) is 0 Å². The summed E-state index contributed by atoms with van der Waals surface area (Å²) < 4.78 is 19.7. The van der Waals surface area contributed by atoms with E-state index < -0.39 is 0 Å². The quantitative estimate of drug-likeness (QED) is 0.548. The summed E-state index contributed by atoms with van der Waals surface area (Å²) >= 11 is 0. The number of halogens is 1. The molecule has 5 rings (SSSR count). The zero-order valence-electron chi connectivity index (χ0n) is 17.3. The predicted molar refractivity (Wildman–Crippen MR) is 118 cm³/mol. The molecule has 1 atom stereocenters. The van der Waals surface area contributed by atoms with Crippen LogP contribution >= 0.6 is 0 Å². The number of carbonyl (C=O) groups excluding carboxylic acids is 2. The minimum absolute atomic E-state index is 0.0801. The fourth-order valence-electron chi connectivity index (χ4n) is 4.68. The molecule has 0 saturated carbocycles. The van der Waals surface area contributed by atoms with Crippen molar-refractivity contribution in [3.63, 3.8) is 0 Å². The number of rotatable bonds is 5. The van der Waals surface area contributed by atoms with Crippen molar-refractivity contribution < 1.29 is 18.7 Å². The summed E-state index contributed by atoms with van der Waals surface area (Å²) in [6.45, 7) is 2.74. The van der Waals surface area contributed by atoms with Gasteiger partial charge >= 0.3 is 0 Å². The van der Waals surface area contributed by atoms with Gasteiger partial charge in [-0.1, -0.05) is 30.3 Å². The van der Waals surface area contributed by atoms with Crippen molar-refractivity contribution in [1.82, 2.24) is 4.90 Å². The lowest BCUT2D eigenvalue weighted by molar-refractivity contribution is 0.0932. The molecule has 1 fully saturated rings. The zero-order chi connectivity index (χ0) is 21.4. The van der Waals surface area contributed by atoms with Crippen molar-refractivity contribution in [2.24, 2.45) is 0 Å². The number of carbonyl (C=O) groups is 2.